The van der Waals surface area contributed by atoms with Crippen molar-refractivity contribution in [1.29, 1.82) is 0 Å². The summed E-state index contributed by atoms with van der Waals surface area (Å²) in [6.45, 7) is 2.57. The van der Waals surface area contributed by atoms with Crippen molar-refractivity contribution >= 4 is 17.6 Å². The third kappa shape index (κ3) is 6.33. The van der Waals surface area contributed by atoms with E-state index in [4.69, 9.17) is 9.84 Å². The number of nitro benzene ring substituents is 1. The number of rotatable bonds is 10. The number of para-hydroxylation sites is 2. The lowest BCUT2D eigenvalue weighted by Gasteiger charge is -2.19. The van der Waals surface area contributed by atoms with Crippen molar-refractivity contribution in [2.24, 2.45) is 0 Å². The Morgan fingerprint density at radius 1 is 1.30 bits per heavy atom. The average Bonchev–Trinajstić information content (AvgIpc) is 2.52. The van der Waals surface area contributed by atoms with Gasteiger partial charge in [-0.3, -0.25) is 19.7 Å². The van der Waals surface area contributed by atoms with E-state index in [0.29, 0.717) is 13.0 Å². The minimum Gasteiger partial charge on any atom is -0.487 e. The molecule has 0 bridgehead atoms. The van der Waals surface area contributed by atoms with Gasteiger partial charge in [0.2, 0.25) is 5.91 Å². The zero-order chi connectivity index (χ0) is 17.2. The number of carbonyl (C=O) groups is 2. The summed E-state index contributed by atoms with van der Waals surface area (Å²) < 4.78 is 5.35. The Balaban J connectivity index is 2.40. The minimum absolute atomic E-state index is 0.0910. The molecule has 0 heterocycles. The molecular weight excluding hydrogens is 304 g/mol. The molecule has 0 saturated heterocycles. The van der Waals surface area contributed by atoms with Crippen LogP contribution < -0.4 is 4.74 Å². The molecule has 126 valence electrons. The van der Waals surface area contributed by atoms with Gasteiger partial charge in [0, 0.05) is 25.6 Å². The molecule has 1 amide bonds. The first-order valence-electron chi connectivity index (χ1n) is 7.31. The normalized spacial score (nSPS) is 10.1. The maximum atomic E-state index is 11.9. The fourth-order valence-electron chi connectivity index (χ4n) is 1.98. The van der Waals surface area contributed by atoms with E-state index in [0.717, 1.165) is 0 Å². The second kappa shape index (κ2) is 9.39. The molecule has 8 heteroatoms. The summed E-state index contributed by atoms with van der Waals surface area (Å²) in [4.78, 5) is 34.3. The Bertz CT molecular complexity index is 561. The molecule has 0 radical (unpaired) electrons. The molecule has 0 atom stereocenters. The number of carboxylic acids is 1. The molecule has 0 aromatic heterocycles. The fourth-order valence-corrected chi connectivity index (χ4v) is 1.98. The van der Waals surface area contributed by atoms with Gasteiger partial charge in [0.15, 0.2) is 5.75 Å². The molecule has 23 heavy (non-hydrogen) atoms. The second-order valence-electron chi connectivity index (χ2n) is 4.79. The summed E-state index contributed by atoms with van der Waals surface area (Å²) in [6, 6.07) is 6.05. The van der Waals surface area contributed by atoms with Gasteiger partial charge >= 0.3 is 11.7 Å². The molecule has 1 rings (SSSR count). The predicted octanol–water partition coefficient (Wildman–Crippen LogP) is 2.08. The summed E-state index contributed by atoms with van der Waals surface area (Å²) in [7, 11) is 0. The number of carbonyl (C=O) groups excluding carboxylic acids is 1. The van der Waals surface area contributed by atoms with E-state index >= 15 is 0 Å². The molecule has 0 aliphatic rings. The van der Waals surface area contributed by atoms with Gasteiger partial charge in [-0.15, -0.1) is 0 Å². The van der Waals surface area contributed by atoms with Crippen molar-refractivity contribution in [3.63, 3.8) is 0 Å². The van der Waals surface area contributed by atoms with Crippen LogP contribution in [0, 0.1) is 10.1 Å². The van der Waals surface area contributed by atoms with E-state index in [9.17, 15) is 19.7 Å². The van der Waals surface area contributed by atoms with Gasteiger partial charge in [-0.05, 0) is 19.4 Å². The Kier molecular flexibility index (Phi) is 7.52. The summed E-state index contributed by atoms with van der Waals surface area (Å²) in [5.41, 5.74) is -0.115. The highest BCUT2D eigenvalue weighted by Crippen LogP contribution is 2.25. The number of hydrogen-bond donors (Lipinski definition) is 1. The minimum atomic E-state index is -0.948. The Morgan fingerprint density at radius 3 is 2.61 bits per heavy atom. The largest absolute Gasteiger partial charge is 0.487 e. The Labute approximate surface area is 133 Å². The SMILES string of the molecule is CCN(CCC(=O)O)C(=O)CCCOc1ccccc1[N+](=O)[O-]. The Hall–Kier alpha value is -2.64. The molecule has 8 nitrogen and oxygen atoms in total. The maximum absolute atomic E-state index is 11.9. The van der Waals surface area contributed by atoms with Crippen molar-refractivity contribution in [1.82, 2.24) is 4.90 Å². The van der Waals surface area contributed by atoms with Crippen molar-refractivity contribution < 1.29 is 24.4 Å². The van der Waals surface area contributed by atoms with Gasteiger partial charge in [-0.1, -0.05) is 12.1 Å². The van der Waals surface area contributed by atoms with Crippen molar-refractivity contribution in [2.75, 3.05) is 19.7 Å². The van der Waals surface area contributed by atoms with E-state index in [1.54, 1.807) is 19.1 Å². The van der Waals surface area contributed by atoms with Crippen LogP contribution >= 0.6 is 0 Å². The summed E-state index contributed by atoms with van der Waals surface area (Å²) in [5, 5.41) is 19.5. The monoisotopic (exact) mass is 324 g/mol. The van der Waals surface area contributed by atoms with Crippen LogP contribution in [-0.2, 0) is 9.59 Å². The summed E-state index contributed by atoms with van der Waals surface area (Å²) >= 11 is 0. The smallest absolute Gasteiger partial charge is 0.310 e. The van der Waals surface area contributed by atoms with Crippen LogP contribution in [0.15, 0.2) is 24.3 Å². The van der Waals surface area contributed by atoms with Gasteiger partial charge in [0.05, 0.1) is 18.0 Å². The molecule has 1 aromatic carbocycles. The van der Waals surface area contributed by atoms with E-state index < -0.39 is 10.9 Å². The van der Waals surface area contributed by atoms with Crippen LogP contribution in [0.25, 0.3) is 0 Å². The van der Waals surface area contributed by atoms with E-state index in [1.807, 2.05) is 0 Å². The highest BCUT2D eigenvalue weighted by Gasteiger charge is 2.15. The molecular formula is C15H20N2O6. The molecule has 0 aliphatic heterocycles. The number of nitrogens with zero attached hydrogens (tertiary/aromatic N) is 2. The zero-order valence-electron chi connectivity index (χ0n) is 12.9. The van der Waals surface area contributed by atoms with Gasteiger partial charge in [0.1, 0.15) is 0 Å². The van der Waals surface area contributed by atoms with E-state index in [1.165, 1.54) is 17.0 Å². The summed E-state index contributed by atoms with van der Waals surface area (Å²) in [5.74, 6) is -0.931. The second-order valence-corrected chi connectivity index (χ2v) is 4.79. The lowest BCUT2D eigenvalue weighted by molar-refractivity contribution is -0.385. The lowest BCUT2D eigenvalue weighted by atomic mass is 10.2. The number of carboxylic acid groups (broad SMARTS) is 1. The summed E-state index contributed by atoms with van der Waals surface area (Å²) in [6.07, 6.45) is 0.509. The number of hydrogen-bond acceptors (Lipinski definition) is 5. The number of aliphatic carboxylic acids is 1. The van der Waals surface area contributed by atoms with Crippen LogP contribution in [0.3, 0.4) is 0 Å². The molecule has 0 spiro atoms. The molecule has 0 saturated carbocycles. The highest BCUT2D eigenvalue weighted by molar-refractivity contribution is 5.77. The molecule has 1 N–H and O–H groups in total. The average molecular weight is 324 g/mol. The molecule has 0 fully saturated rings. The van der Waals surface area contributed by atoms with Crippen LogP contribution in [0.2, 0.25) is 0 Å². The van der Waals surface area contributed by atoms with Crippen LogP contribution in [0.5, 0.6) is 5.75 Å². The van der Waals surface area contributed by atoms with Gasteiger partial charge in [0.25, 0.3) is 0 Å². The third-order valence-electron chi connectivity index (χ3n) is 3.18. The van der Waals surface area contributed by atoms with Crippen LogP contribution in [-0.4, -0.2) is 46.5 Å². The van der Waals surface area contributed by atoms with Crippen molar-refractivity contribution in [3.05, 3.63) is 34.4 Å². The van der Waals surface area contributed by atoms with Crippen LogP contribution in [0.1, 0.15) is 26.2 Å². The first kappa shape index (κ1) is 18.4. The maximum Gasteiger partial charge on any atom is 0.310 e. The first-order valence-corrected chi connectivity index (χ1v) is 7.31. The topological polar surface area (TPSA) is 110 Å². The standard InChI is InChI=1S/C15H20N2O6/c1-2-16(10-9-15(19)20)14(18)8-5-11-23-13-7-4-3-6-12(13)17(21)22/h3-4,6-7H,2,5,8-11H2,1H3,(H,19,20). The van der Waals surface area contributed by atoms with Crippen LogP contribution in [0.4, 0.5) is 5.69 Å². The fraction of sp³-hybridized carbons (Fsp3) is 0.467. The van der Waals surface area contributed by atoms with E-state index in [2.05, 4.69) is 0 Å². The number of ether oxygens (including phenoxy) is 1. The number of benzene rings is 1. The predicted molar refractivity (Wildman–Crippen MR) is 82.3 cm³/mol. The zero-order valence-corrected chi connectivity index (χ0v) is 12.9. The first-order chi connectivity index (χ1) is 11.0. The van der Waals surface area contributed by atoms with Gasteiger partial charge in [-0.2, -0.15) is 0 Å². The number of nitro groups is 1. The molecule has 0 unspecified atom stereocenters. The Morgan fingerprint density at radius 2 is 2.00 bits per heavy atom. The quantitative estimate of drug-likeness (QED) is 0.401. The molecule has 0 aliphatic carbocycles. The molecule has 1 aromatic rings. The van der Waals surface area contributed by atoms with Crippen molar-refractivity contribution in [2.45, 2.75) is 26.2 Å². The van der Waals surface area contributed by atoms with Crippen molar-refractivity contribution in [3.8, 4) is 5.75 Å². The lowest BCUT2D eigenvalue weighted by Crippen LogP contribution is -2.32. The number of amides is 1. The van der Waals surface area contributed by atoms with Gasteiger partial charge < -0.3 is 14.7 Å². The highest BCUT2D eigenvalue weighted by atomic mass is 16.6. The van der Waals surface area contributed by atoms with Gasteiger partial charge in [-0.25, -0.2) is 0 Å². The third-order valence-corrected chi connectivity index (χ3v) is 3.18. The van der Waals surface area contributed by atoms with E-state index in [-0.39, 0.29) is 43.3 Å².